The fourth-order valence-electron chi connectivity index (χ4n) is 4.59. The number of hydrogen-bond acceptors (Lipinski definition) is 6. The number of rotatable bonds is 4. The lowest BCUT2D eigenvalue weighted by Crippen LogP contribution is -2.47. The fraction of sp³-hybridized carbons (Fsp3) is 0.304. The van der Waals surface area contributed by atoms with E-state index in [1.54, 1.807) is 12.3 Å². The van der Waals surface area contributed by atoms with Crippen molar-refractivity contribution in [3.63, 3.8) is 0 Å². The molecule has 6 rings (SSSR count). The number of carbonyl (C=O) groups excluding carboxylic acids is 1. The highest BCUT2D eigenvalue weighted by molar-refractivity contribution is 5.85. The lowest BCUT2D eigenvalue weighted by Gasteiger charge is -2.32. The van der Waals surface area contributed by atoms with Crippen LogP contribution in [0.2, 0.25) is 0 Å². The summed E-state index contributed by atoms with van der Waals surface area (Å²) in [4.78, 5) is 23.5. The van der Waals surface area contributed by atoms with E-state index in [1.165, 1.54) is 11.9 Å². The van der Waals surface area contributed by atoms with Crippen molar-refractivity contribution < 1.29 is 9.21 Å². The second kappa shape index (κ2) is 6.81. The molecule has 1 aliphatic carbocycles. The van der Waals surface area contributed by atoms with Gasteiger partial charge in [0.25, 0.3) is 0 Å². The first-order valence-electron chi connectivity index (χ1n) is 10.7. The van der Waals surface area contributed by atoms with Crippen LogP contribution in [0.15, 0.2) is 53.4 Å². The van der Waals surface area contributed by atoms with Crippen LogP contribution in [0, 0.1) is 0 Å². The molecule has 32 heavy (non-hydrogen) atoms. The molecule has 0 spiro atoms. The Bertz CT molecular complexity index is 1310. The van der Waals surface area contributed by atoms with Gasteiger partial charge in [-0.3, -0.25) is 5.10 Å². The highest BCUT2D eigenvalue weighted by atomic mass is 16.3. The van der Waals surface area contributed by atoms with Crippen molar-refractivity contribution in [1.29, 1.82) is 0 Å². The third-order valence-electron chi connectivity index (χ3n) is 6.52. The number of amides is 2. The van der Waals surface area contributed by atoms with E-state index in [4.69, 9.17) is 4.42 Å². The summed E-state index contributed by atoms with van der Waals surface area (Å²) in [6.45, 7) is 4.50. The van der Waals surface area contributed by atoms with E-state index in [0.717, 1.165) is 17.7 Å². The maximum absolute atomic E-state index is 13.2. The first-order valence-corrected chi connectivity index (χ1v) is 10.7. The van der Waals surface area contributed by atoms with Crippen LogP contribution < -0.4 is 10.6 Å². The summed E-state index contributed by atoms with van der Waals surface area (Å²) < 4.78 is 5.51. The number of urea groups is 1. The van der Waals surface area contributed by atoms with E-state index >= 15 is 0 Å². The molecule has 3 aromatic heterocycles. The Morgan fingerprint density at radius 1 is 1.19 bits per heavy atom. The third kappa shape index (κ3) is 2.92. The molecule has 1 fully saturated rings. The Morgan fingerprint density at radius 3 is 2.88 bits per heavy atom. The largest absolute Gasteiger partial charge is 0.459 e. The standard InChI is InChI=1S/C23H23N7O2/c1-23(2)19-15(20(29-28-19)27-21-18-16(8-9-32-18)24-12-25-21)11-30(23)22(31)26-17-10-14(17)13-6-4-3-5-7-13/h3-9,12,14,17H,10-11H2,1-2H3,(H,26,31)(H2,24,25,27,28,29)/t14-,17+/m1/s1. The molecular formula is C23H23N7O2. The van der Waals surface area contributed by atoms with Crippen molar-refractivity contribution in [1.82, 2.24) is 30.4 Å². The Hall–Kier alpha value is -3.88. The molecule has 0 bridgehead atoms. The molecule has 2 aliphatic rings. The van der Waals surface area contributed by atoms with Crippen LogP contribution >= 0.6 is 0 Å². The summed E-state index contributed by atoms with van der Waals surface area (Å²) in [7, 11) is 0. The number of carbonyl (C=O) groups is 1. The van der Waals surface area contributed by atoms with Gasteiger partial charge in [0.05, 0.1) is 24.0 Å². The number of aromatic amines is 1. The van der Waals surface area contributed by atoms with Gasteiger partial charge in [-0.15, -0.1) is 0 Å². The zero-order valence-corrected chi connectivity index (χ0v) is 17.8. The molecule has 0 unspecified atom stereocenters. The van der Waals surface area contributed by atoms with E-state index < -0.39 is 5.54 Å². The predicted molar refractivity (Wildman–Crippen MR) is 118 cm³/mol. The number of aromatic nitrogens is 4. The molecule has 4 heterocycles. The van der Waals surface area contributed by atoms with Crippen LogP contribution in [0.4, 0.5) is 16.4 Å². The van der Waals surface area contributed by atoms with E-state index in [9.17, 15) is 4.79 Å². The lowest BCUT2D eigenvalue weighted by molar-refractivity contribution is 0.142. The monoisotopic (exact) mass is 429 g/mol. The molecule has 9 nitrogen and oxygen atoms in total. The molecule has 9 heteroatoms. The molecule has 2 amide bonds. The number of H-pyrrole nitrogens is 1. The Balaban J connectivity index is 1.20. The van der Waals surface area contributed by atoms with Gasteiger partial charge in [0.1, 0.15) is 11.8 Å². The second-order valence-corrected chi connectivity index (χ2v) is 8.86. The summed E-state index contributed by atoms with van der Waals surface area (Å²) in [6.07, 6.45) is 4.03. The van der Waals surface area contributed by atoms with Crippen LogP contribution in [0.5, 0.6) is 0 Å². The predicted octanol–water partition coefficient (Wildman–Crippen LogP) is 4.01. The van der Waals surface area contributed by atoms with E-state index in [-0.39, 0.29) is 12.1 Å². The SMILES string of the molecule is CC1(C)c2[nH]nc(Nc3ncnc4ccoc34)c2CN1C(=O)N[C@H]1C[C@@H]1c1ccccc1. The molecule has 1 aromatic carbocycles. The number of benzene rings is 1. The van der Waals surface area contributed by atoms with Gasteiger partial charge in [-0.25, -0.2) is 14.8 Å². The first kappa shape index (κ1) is 18.9. The molecule has 1 aliphatic heterocycles. The van der Waals surface area contributed by atoms with E-state index in [2.05, 4.69) is 42.9 Å². The Morgan fingerprint density at radius 2 is 2.03 bits per heavy atom. The van der Waals surface area contributed by atoms with Gasteiger partial charge in [0.2, 0.25) is 0 Å². The van der Waals surface area contributed by atoms with Gasteiger partial charge in [-0.05, 0) is 25.8 Å². The number of nitrogens with zero attached hydrogens (tertiary/aromatic N) is 4. The second-order valence-electron chi connectivity index (χ2n) is 8.86. The van der Waals surface area contributed by atoms with Crippen LogP contribution in [0.3, 0.4) is 0 Å². The number of fused-ring (bicyclic) bond motifs is 2. The molecule has 1 saturated carbocycles. The normalized spacial score (nSPS) is 20.9. The van der Waals surface area contributed by atoms with Crippen LogP contribution in [0.1, 0.15) is 43.0 Å². The van der Waals surface area contributed by atoms with Gasteiger partial charge in [0, 0.05) is 23.6 Å². The van der Waals surface area contributed by atoms with E-state index in [0.29, 0.717) is 35.2 Å². The summed E-state index contributed by atoms with van der Waals surface area (Å²) in [5, 5.41) is 14.0. The maximum Gasteiger partial charge on any atom is 0.318 e. The van der Waals surface area contributed by atoms with Crippen molar-refractivity contribution in [2.24, 2.45) is 0 Å². The zero-order valence-electron chi connectivity index (χ0n) is 17.8. The quantitative estimate of drug-likeness (QED) is 0.452. The van der Waals surface area contributed by atoms with Gasteiger partial charge >= 0.3 is 6.03 Å². The van der Waals surface area contributed by atoms with Crippen molar-refractivity contribution in [3.05, 3.63) is 65.8 Å². The average molecular weight is 429 g/mol. The molecule has 0 saturated heterocycles. The Kier molecular flexibility index (Phi) is 4.01. The van der Waals surface area contributed by atoms with E-state index in [1.807, 2.05) is 36.9 Å². The van der Waals surface area contributed by atoms with Gasteiger partial charge in [-0.1, -0.05) is 30.3 Å². The summed E-state index contributed by atoms with van der Waals surface area (Å²) >= 11 is 0. The lowest BCUT2D eigenvalue weighted by atomic mass is 10.0. The van der Waals surface area contributed by atoms with Gasteiger partial charge < -0.3 is 20.0 Å². The Labute approximate surface area is 184 Å². The fourth-order valence-corrected chi connectivity index (χ4v) is 4.59. The average Bonchev–Trinajstić information content (AvgIpc) is 3.11. The zero-order chi connectivity index (χ0) is 21.9. The van der Waals surface area contributed by atoms with Crippen molar-refractivity contribution >= 4 is 28.8 Å². The first-order chi connectivity index (χ1) is 15.5. The van der Waals surface area contributed by atoms with Crippen molar-refractivity contribution in [2.45, 2.75) is 44.3 Å². The van der Waals surface area contributed by atoms with Crippen LogP contribution in [-0.2, 0) is 12.1 Å². The molecule has 0 radical (unpaired) electrons. The number of anilines is 2. The van der Waals surface area contributed by atoms with Crippen LogP contribution in [-0.4, -0.2) is 37.1 Å². The minimum absolute atomic E-state index is 0.0653. The molecule has 4 aromatic rings. The number of furan rings is 1. The van der Waals surface area contributed by atoms with Crippen LogP contribution in [0.25, 0.3) is 11.1 Å². The number of hydrogen-bond donors (Lipinski definition) is 3. The topological polar surface area (TPSA) is 112 Å². The van der Waals surface area contributed by atoms with Crippen molar-refractivity contribution in [3.8, 4) is 0 Å². The minimum atomic E-state index is -0.519. The molecule has 162 valence electrons. The van der Waals surface area contributed by atoms with Gasteiger partial charge in [0.15, 0.2) is 17.2 Å². The third-order valence-corrected chi connectivity index (χ3v) is 6.52. The smallest absolute Gasteiger partial charge is 0.318 e. The summed E-state index contributed by atoms with van der Waals surface area (Å²) in [5.41, 5.74) is 3.89. The number of nitrogens with one attached hydrogen (secondary N) is 3. The van der Waals surface area contributed by atoms with Gasteiger partial charge in [-0.2, -0.15) is 5.10 Å². The molecular weight excluding hydrogens is 406 g/mol. The minimum Gasteiger partial charge on any atom is -0.459 e. The summed E-state index contributed by atoms with van der Waals surface area (Å²) in [5.74, 6) is 1.56. The maximum atomic E-state index is 13.2. The summed E-state index contributed by atoms with van der Waals surface area (Å²) in [6, 6.07) is 12.2. The molecule has 2 atom stereocenters. The molecule has 3 N–H and O–H groups in total. The highest BCUT2D eigenvalue weighted by Gasteiger charge is 2.46. The highest BCUT2D eigenvalue weighted by Crippen LogP contribution is 2.44. The van der Waals surface area contributed by atoms with Crippen molar-refractivity contribution in [2.75, 3.05) is 5.32 Å².